The molecular formula is C20H23N3O. The summed E-state index contributed by atoms with van der Waals surface area (Å²) in [5.41, 5.74) is 2.25. The smallest absolute Gasteiger partial charge is 0.0991 e. The van der Waals surface area contributed by atoms with Crippen LogP contribution in [0.3, 0.4) is 0 Å². The molecule has 1 fully saturated rings. The third-order valence-corrected chi connectivity index (χ3v) is 4.63. The molecule has 1 N–H and O–H groups in total. The molecule has 0 amide bonds. The van der Waals surface area contributed by atoms with Crippen molar-refractivity contribution in [3.63, 3.8) is 0 Å². The van der Waals surface area contributed by atoms with Gasteiger partial charge < -0.3 is 10.0 Å². The van der Waals surface area contributed by atoms with E-state index in [9.17, 15) is 5.11 Å². The monoisotopic (exact) mass is 321 g/mol. The van der Waals surface area contributed by atoms with Crippen LogP contribution in [0.25, 0.3) is 0 Å². The maximum absolute atomic E-state index is 10.9. The summed E-state index contributed by atoms with van der Waals surface area (Å²) in [7, 11) is 1.99. The summed E-state index contributed by atoms with van der Waals surface area (Å²) in [6.07, 6.45) is 0.778. The predicted octanol–water partition coefficient (Wildman–Crippen LogP) is 2.63. The number of hydrogen-bond donors (Lipinski definition) is 1. The van der Waals surface area contributed by atoms with Crippen LogP contribution < -0.4 is 4.90 Å². The van der Waals surface area contributed by atoms with Crippen LogP contribution >= 0.6 is 0 Å². The first kappa shape index (κ1) is 16.5. The number of nitrogens with zero attached hydrogens (tertiary/aromatic N) is 3. The van der Waals surface area contributed by atoms with Crippen molar-refractivity contribution < 1.29 is 5.11 Å². The number of likely N-dealkylation sites (N-methyl/N-ethyl adjacent to an activating group) is 1. The van der Waals surface area contributed by atoms with Gasteiger partial charge in [-0.2, -0.15) is 5.26 Å². The second-order valence-electron chi connectivity index (χ2n) is 6.69. The normalized spacial score (nSPS) is 20.7. The van der Waals surface area contributed by atoms with Crippen molar-refractivity contribution >= 4 is 5.69 Å². The van der Waals surface area contributed by atoms with Crippen molar-refractivity contribution in [3.8, 4) is 6.07 Å². The number of benzene rings is 2. The van der Waals surface area contributed by atoms with E-state index in [0.29, 0.717) is 18.7 Å². The summed E-state index contributed by atoms with van der Waals surface area (Å²) in [5, 5.41) is 19.8. The van der Waals surface area contributed by atoms with Gasteiger partial charge >= 0.3 is 0 Å². The molecular weight excluding hydrogens is 298 g/mol. The molecule has 0 aromatic heterocycles. The van der Waals surface area contributed by atoms with Crippen LogP contribution in [0.4, 0.5) is 5.69 Å². The van der Waals surface area contributed by atoms with Crippen molar-refractivity contribution in [1.82, 2.24) is 4.90 Å². The highest BCUT2D eigenvalue weighted by molar-refractivity contribution is 5.49. The van der Waals surface area contributed by atoms with Crippen LogP contribution in [0.1, 0.15) is 17.5 Å². The molecule has 124 valence electrons. The van der Waals surface area contributed by atoms with E-state index < -0.39 is 5.60 Å². The lowest BCUT2D eigenvalue weighted by Crippen LogP contribution is -2.43. The SMILES string of the molecule is CN(CC1(O)CCN(Cc2ccccc2)C1)c1ccc(C#N)cc1. The van der Waals surface area contributed by atoms with Crippen molar-refractivity contribution in [2.24, 2.45) is 0 Å². The molecule has 1 saturated heterocycles. The van der Waals surface area contributed by atoms with Gasteiger partial charge in [0.15, 0.2) is 0 Å². The van der Waals surface area contributed by atoms with E-state index in [-0.39, 0.29) is 0 Å². The molecule has 1 aliphatic rings. The highest BCUT2D eigenvalue weighted by Crippen LogP contribution is 2.26. The minimum absolute atomic E-state index is 0.587. The highest BCUT2D eigenvalue weighted by Gasteiger charge is 2.36. The van der Waals surface area contributed by atoms with E-state index in [1.807, 2.05) is 37.4 Å². The molecule has 2 aromatic carbocycles. The first-order chi connectivity index (χ1) is 11.6. The molecule has 1 atom stereocenters. The summed E-state index contributed by atoms with van der Waals surface area (Å²) >= 11 is 0. The number of anilines is 1. The third kappa shape index (κ3) is 3.94. The molecule has 0 radical (unpaired) electrons. The Kier molecular flexibility index (Phi) is 4.84. The second kappa shape index (κ2) is 7.04. The van der Waals surface area contributed by atoms with Gasteiger partial charge in [-0.1, -0.05) is 30.3 Å². The van der Waals surface area contributed by atoms with Gasteiger partial charge in [0, 0.05) is 38.9 Å². The Labute approximate surface area is 143 Å². The Balaban J connectivity index is 1.59. The van der Waals surface area contributed by atoms with Gasteiger partial charge in [-0.25, -0.2) is 0 Å². The van der Waals surface area contributed by atoms with Crippen LogP contribution in [0.15, 0.2) is 54.6 Å². The Morgan fingerprint density at radius 3 is 2.54 bits per heavy atom. The van der Waals surface area contributed by atoms with Crippen molar-refractivity contribution in [1.29, 1.82) is 5.26 Å². The van der Waals surface area contributed by atoms with Gasteiger partial charge in [0.1, 0.15) is 0 Å². The zero-order valence-electron chi connectivity index (χ0n) is 14.0. The van der Waals surface area contributed by atoms with Crippen LogP contribution in [0.2, 0.25) is 0 Å². The van der Waals surface area contributed by atoms with E-state index in [0.717, 1.165) is 25.2 Å². The van der Waals surface area contributed by atoms with Crippen LogP contribution in [0.5, 0.6) is 0 Å². The fourth-order valence-corrected chi connectivity index (χ4v) is 3.37. The highest BCUT2D eigenvalue weighted by atomic mass is 16.3. The number of aliphatic hydroxyl groups is 1. The Morgan fingerprint density at radius 1 is 1.17 bits per heavy atom. The molecule has 0 saturated carbocycles. The lowest BCUT2D eigenvalue weighted by atomic mass is 10.0. The third-order valence-electron chi connectivity index (χ3n) is 4.63. The standard InChI is InChI=1S/C20H23N3O/c1-22(19-9-7-17(13-21)8-10-19)15-20(24)11-12-23(16-20)14-18-5-3-2-4-6-18/h2-10,24H,11-12,14-16H2,1H3. The average Bonchev–Trinajstić information content (AvgIpc) is 2.96. The van der Waals surface area contributed by atoms with E-state index >= 15 is 0 Å². The summed E-state index contributed by atoms with van der Waals surface area (Å²) in [5.74, 6) is 0. The molecule has 1 unspecified atom stereocenters. The number of likely N-dealkylation sites (tertiary alicyclic amines) is 1. The molecule has 0 spiro atoms. The maximum Gasteiger partial charge on any atom is 0.0991 e. The molecule has 3 rings (SSSR count). The Morgan fingerprint density at radius 2 is 1.88 bits per heavy atom. The summed E-state index contributed by atoms with van der Waals surface area (Å²) in [4.78, 5) is 4.37. The van der Waals surface area contributed by atoms with Crippen LogP contribution in [0, 0.1) is 11.3 Å². The van der Waals surface area contributed by atoms with Gasteiger partial charge in [0.2, 0.25) is 0 Å². The minimum atomic E-state index is -0.697. The lowest BCUT2D eigenvalue weighted by molar-refractivity contribution is 0.0562. The fraction of sp³-hybridized carbons (Fsp3) is 0.350. The Hall–Kier alpha value is -2.35. The van der Waals surface area contributed by atoms with E-state index in [1.54, 1.807) is 0 Å². The molecule has 1 heterocycles. The van der Waals surface area contributed by atoms with Crippen LogP contribution in [-0.4, -0.2) is 42.3 Å². The van der Waals surface area contributed by atoms with Crippen molar-refractivity contribution in [2.45, 2.75) is 18.6 Å². The second-order valence-corrected chi connectivity index (χ2v) is 6.69. The first-order valence-corrected chi connectivity index (χ1v) is 8.28. The summed E-state index contributed by atoms with van der Waals surface area (Å²) in [6, 6.07) is 20.0. The molecule has 0 aliphatic carbocycles. The number of β-amino-alcohol motifs (C(OH)–C–C–N with tert-alkyl or cyclic N) is 1. The number of rotatable bonds is 5. The van der Waals surface area contributed by atoms with E-state index in [1.165, 1.54) is 5.56 Å². The summed E-state index contributed by atoms with van der Waals surface area (Å²) in [6.45, 7) is 3.06. The van der Waals surface area contributed by atoms with Crippen molar-refractivity contribution in [2.75, 3.05) is 31.6 Å². The molecule has 24 heavy (non-hydrogen) atoms. The van der Waals surface area contributed by atoms with Gasteiger partial charge in [0.05, 0.1) is 17.2 Å². The molecule has 0 bridgehead atoms. The Bertz CT molecular complexity index is 708. The molecule has 4 heteroatoms. The van der Waals surface area contributed by atoms with Gasteiger partial charge in [0.25, 0.3) is 0 Å². The molecule has 4 nitrogen and oxygen atoms in total. The number of hydrogen-bond acceptors (Lipinski definition) is 4. The zero-order valence-corrected chi connectivity index (χ0v) is 14.0. The molecule has 1 aliphatic heterocycles. The van der Waals surface area contributed by atoms with Gasteiger partial charge in [-0.15, -0.1) is 0 Å². The lowest BCUT2D eigenvalue weighted by Gasteiger charge is -2.30. The van der Waals surface area contributed by atoms with Crippen molar-refractivity contribution in [3.05, 3.63) is 65.7 Å². The predicted molar refractivity (Wildman–Crippen MR) is 95.7 cm³/mol. The maximum atomic E-state index is 10.9. The van der Waals surface area contributed by atoms with Gasteiger partial charge in [-0.05, 0) is 36.2 Å². The number of nitriles is 1. The largest absolute Gasteiger partial charge is 0.387 e. The van der Waals surface area contributed by atoms with Gasteiger partial charge in [-0.3, -0.25) is 4.90 Å². The minimum Gasteiger partial charge on any atom is -0.387 e. The average molecular weight is 321 g/mol. The van der Waals surface area contributed by atoms with Crippen LogP contribution in [-0.2, 0) is 6.54 Å². The zero-order chi connectivity index (χ0) is 17.0. The summed E-state index contributed by atoms with van der Waals surface area (Å²) < 4.78 is 0. The van der Waals surface area contributed by atoms with E-state index in [4.69, 9.17) is 5.26 Å². The topological polar surface area (TPSA) is 50.5 Å². The first-order valence-electron chi connectivity index (χ1n) is 8.28. The quantitative estimate of drug-likeness (QED) is 0.920. The van der Waals surface area contributed by atoms with E-state index in [2.05, 4.69) is 40.1 Å². The molecule has 2 aromatic rings. The fourth-order valence-electron chi connectivity index (χ4n) is 3.37.